The molecule has 0 fully saturated rings. The Hall–Kier alpha value is -3.35. The summed E-state index contributed by atoms with van der Waals surface area (Å²) in [7, 11) is 0. The minimum Gasteiger partial charge on any atom is -0.494 e. The molecule has 3 rings (SSSR count). The Labute approximate surface area is 176 Å². The van der Waals surface area contributed by atoms with Crippen molar-refractivity contribution in [3.05, 3.63) is 54.1 Å². The van der Waals surface area contributed by atoms with Crippen LogP contribution in [0.15, 0.2) is 53.2 Å². The van der Waals surface area contributed by atoms with Crippen molar-refractivity contribution < 1.29 is 18.9 Å². The van der Waals surface area contributed by atoms with Gasteiger partial charge < -0.3 is 14.8 Å². The van der Waals surface area contributed by atoms with Gasteiger partial charge in [-0.15, -0.1) is 0 Å². The Bertz CT molecular complexity index is 973. The van der Waals surface area contributed by atoms with Gasteiger partial charge in [-0.3, -0.25) is 4.79 Å². The summed E-state index contributed by atoms with van der Waals surface area (Å²) in [5.41, 5.74) is 2.44. The number of amides is 1. The van der Waals surface area contributed by atoms with Gasteiger partial charge in [0.25, 0.3) is 5.91 Å². The molecule has 0 aliphatic carbocycles. The molecule has 2 aromatic carbocycles. The number of nitrogens with one attached hydrogen (secondary N) is 1. The van der Waals surface area contributed by atoms with Crippen LogP contribution in [0.1, 0.15) is 40.2 Å². The van der Waals surface area contributed by atoms with Crippen molar-refractivity contribution in [1.29, 1.82) is 0 Å². The van der Waals surface area contributed by atoms with Crippen LogP contribution in [0.4, 0.5) is 5.82 Å². The number of benzene rings is 2. The first-order valence-electron chi connectivity index (χ1n) is 9.91. The predicted molar refractivity (Wildman–Crippen MR) is 115 cm³/mol. The van der Waals surface area contributed by atoms with E-state index in [1.165, 1.54) is 5.56 Å². The van der Waals surface area contributed by atoms with Crippen LogP contribution in [0.25, 0.3) is 11.3 Å². The fourth-order valence-corrected chi connectivity index (χ4v) is 2.85. The lowest BCUT2D eigenvalue weighted by molar-refractivity contribution is -0.122. The van der Waals surface area contributed by atoms with E-state index in [4.69, 9.17) is 14.1 Å². The minimum absolute atomic E-state index is 0.0543. The van der Waals surface area contributed by atoms with Gasteiger partial charge in [0.05, 0.1) is 6.61 Å². The quantitative estimate of drug-likeness (QED) is 0.601. The van der Waals surface area contributed by atoms with Crippen LogP contribution in [0.5, 0.6) is 11.5 Å². The zero-order chi connectivity index (χ0) is 21.7. The highest BCUT2D eigenvalue weighted by Crippen LogP contribution is 2.27. The molecular formula is C23H27N3O4. The molecule has 1 amide bonds. The molecule has 0 aliphatic heterocycles. The van der Waals surface area contributed by atoms with Crippen molar-refractivity contribution in [3.8, 4) is 22.8 Å². The Balaban J connectivity index is 1.65. The molecule has 0 aliphatic rings. The van der Waals surface area contributed by atoms with E-state index >= 15 is 0 Å². The standard InChI is InChI=1S/C23H27N3O4/c1-6-28-18-11-7-16(8-12-18)20-21(26-30-25-20)24-22(27)15(2)29-19-13-9-17(10-14-19)23(3,4)5/h7-15H,6H2,1-5H3,(H,24,26,27)/t15-/m0/s1. The molecule has 30 heavy (non-hydrogen) atoms. The second kappa shape index (κ2) is 8.98. The topological polar surface area (TPSA) is 86.5 Å². The van der Waals surface area contributed by atoms with Crippen LogP contribution in [-0.2, 0) is 10.2 Å². The average Bonchev–Trinajstić information content (AvgIpc) is 3.16. The fraction of sp³-hybridized carbons (Fsp3) is 0.348. The lowest BCUT2D eigenvalue weighted by atomic mass is 9.87. The van der Waals surface area contributed by atoms with Gasteiger partial charge in [-0.05, 0) is 71.5 Å². The molecule has 7 nitrogen and oxygen atoms in total. The van der Waals surface area contributed by atoms with Crippen molar-refractivity contribution in [2.45, 2.75) is 46.1 Å². The highest BCUT2D eigenvalue weighted by Gasteiger charge is 2.21. The number of aromatic nitrogens is 2. The van der Waals surface area contributed by atoms with Crippen LogP contribution >= 0.6 is 0 Å². The number of carbonyl (C=O) groups is 1. The molecule has 0 unspecified atom stereocenters. The summed E-state index contributed by atoms with van der Waals surface area (Å²) in [5, 5.41) is 10.4. The molecule has 0 radical (unpaired) electrons. The van der Waals surface area contributed by atoms with E-state index in [1.807, 2.05) is 55.5 Å². The largest absolute Gasteiger partial charge is 0.494 e. The summed E-state index contributed by atoms with van der Waals surface area (Å²) in [6.07, 6.45) is -0.727. The third kappa shape index (κ3) is 5.17. The van der Waals surface area contributed by atoms with Gasteiger partial charge in [-0.1, -0.05) is 32.9 Å². The molecule has 7 heteroatoms. The van der Waals surface area contributed by atoms with Crippen molar-refractivity contribution in [2.75, 3.05) is 11.9 Å². The van der Waals surface area contributed by atoms with Gasteiger partial charge in [-0.2, -0.15) is 0 Å². The Morgan fingerprint density at radius 2 is 1.67 bits per heavy atom. The molecular weight excluding hydrogens is 382 g/mol. The molecule has 1 atom stereocenters. The molecule has 0 saturated heterocycles. The summed E-state index contributed by atoms with van der Waals surface area (Å²) in [6.45, 7) is 10.6. The lowest BCUT2D eigenvalue weighted by Crippen LogP contribution is -2.30. The highest BCUT2D eigenvalue weighted by atomic mass is 16.6. The molecule has 1 aromatic heterocycles. The van der Waals surface area contributed by atoms with Crippen LogP contribution in [-0.4, -0.2) is 28.9 Å². The third-order valence-electron chi connectivity index (χ3n) is 4.57. The van der Waals surface area contributed by atoms with E-state index in [0.29, 0.717) is 18.1 Å². The third-order valence-corrected chi connectivity index (χ3v) is 4.57. The maximum Gasteiger partial charge on any atom is 0.266 e. The number of ether oxygens (including phenoxy) is 2. The molecule has 0 saturated carbocycles. The van der Waals surface area contributed by atoms with E-state index in [9.17, 15) is 4.79 Å². The number of carbonyl (C=O) groups excluding carboxylic acids is 1. The average molecular weight is 409 g/mol. The minimum atomic E-state index is -0.727. The van der Waals surface area contributed by atoms with Crippen molar-refractivity contribution in [1.82, 2.24) is 10.3 Å². The molecule has 158 valence electrons. The van der Waals surface area contributed by atoms with E-state index in [1.54, 1.807) is 6.92 Å². The maximum atomic E-state index is 12.6. The Kier molecular flexibility index (Phi) is 6.40. The van der Waals surface area contributed by atoms with E-state index < -0.39 is 6.10 Å². The van der Waals surface area contributed by atoms with Gasteiger partial charge in [0, 0.05) is 5.56 Å². The summed E-state index contributed by atoms with van der Waals surface area (Å²) >= 11 is 0. The van der Waals surface area contributed by atoms with E-state index in [0.717, 1.165) is 11.3 Å². The van der Waals surface area contributed by atoms with Crippen LogP contribution in [0, 0.1) is 0 Å². The first-order valence-corrected chi connectivity index (χ1v) is 9.91. The zero-order valence-corrected chi connectivity index (χ0v) is 17.9. The van der Waals surface area contributed by atoms with Gasteiger partial charge in [0.15, 0.2) is 11.8 Å². The SMILES string of the molecule is CCOc1ccc(-c2nonc2NC(=O)[C@H](C)Oc2ccc(C(C)(C)C)cc2)cc1. The summed E-state index contributed by atoms with van der Waals surface area (Å²) in [6, 6.07) is 15.1. The van der Waals surface area contributed by atoms with Crippen molar-refractivity contribution in [3.63, 3.8) is 0 Å². The predicted octanol–water partition coefficient (Wildman–Crippen LogP) is 4.84. The van der Waals surface area contributed by atoms with Crippen molar-refractivity contribution >= 4 is 11.7 Å². The zero-order valence-electron chi connectivity index (χ0n) is 17.9. The van der Waals surface area contributed by atoms with E-state index in [2.05, 4.69) is 36.4 Å². The van der Waals surface area contributed by atoms with Gasteiger partial charge in [0.1, 0.15) is 11.5 Å². The van der Waals surface area contributed by atoms with Crippen LogP contribution < -0.4 is 14.8 Å². The summed E-state index contributed by atoms with van der Waals surface area (Å²) in [4.78, 5) is 12.6. The Morgan fingerprint density at radius 3 is 2.27 bits per heavy atom. The first kappa shape index (κ1) is 21.4. The van der Waals surface area contributed by atoms with Crippen LogP contribution in [0.3, 0.4) is 0 Å². The number of rotatable bonds is 7. The molecule has 3 aromatic rings. The van der Waals surface area contributed by atoms with Crippen molar-refractivity contribution in [2.24, 2.45) is 0 Å². The maximum absolute atomic E-state index is 12.6. The second-order valence-electron chi connectivity index (χ2n) is 7.94. The fourth-order valence-electron chi connectivity index (χ4n) is 2.85. The van der Waals surface area contributed by atoms with Gasteiger partial charge in [0.2, 0.25) is 5.82 Å². The second-order valence-corrected chi connectivity index (χ2v) is 7.94. The summed E-state index contributed by atoms with van der Waals surface area (Å²) in [5.74, 6) is 1.26. The normalized spacial score (nSPS) is 12.3. The van der Waals surface area contributed by atoms with Gasteiger partial charge >= 0.3 is 0 Å². The number of hydrogen-bond acceptors (Lipinski definition) is 6. The number of anilines is 1. The smallest absolute Gasteiger partial charge is 0.266 e. The Morgan fingerprint density at radius 1 is 1.03 bits per heavy atom. The molecule has 0 bridgehead atoms. The number of nitrogens with zero attached hydrogens (tertiary/aromatic N) is 2. The molecule has 0 spiro atoms. The first-order chi connectivity index (χ1) is 14.3. The molecule has 1 heterocycles. The van der Waals surface area contributed by atoms with Crippen LogP contribution in [0.2, 0.25) is 0 Å². The highest BCUT2D eigenvalue weighted by molar-refractivity contribution is 5.96. The van der Waals surface area contributed by atoms with E-state index in [-0.39, 0.29) is 17.1 Å². The monoisotopic (exact) mass is 409 g/mol. The molecule has 1 N–H and O–H groups in total. The number of hydrogen-bond donors (Lipinski definition) is 1. The summed E-state index contributed by atoms with van der Waals surface area (Å²) < 4.78 is 16.0. The van der Waals surface area contributed by atoms with Gasteiger partial charge in [-0.25, -0.2) is 4.63 Å². The lowest BCUT2D eigenvalue weighted by Gasteiger charge is -2.20.